The van der Waals surface area contributed by atoms with Gasteiger partial charge in [-0.2, -0.15) is 18.3 Å². The first-order chi connectivity index (χ1) is 8.14. The highest BCUT2D eigenvalue weighted by Gasteiger charge is 2.38. The first kappa shape index (κ1) is 15.8. The number of carboxylic acid groups (broad SMARTS) is 2. The molecule has 0 bridgehead atoms. The minimum Gasteiger partial charge on any atom is -0.480 e. The Bertz CT molecular complexity index is 392. The summed E-state index contributed by atoms with van der Waals surface area (Å²) in [4.78, 5) is 22.8. The summed E-state index contributed by atoms with van der Waals surface area (Å²) in [6, 6.07) is -0.920. The fourth-order valence-electron chi connectivity index (χ4n) is 0.607. The van der Waals surface area contributed by atoms with Gasteiger partial charge in [-0.15, -0.1) is 0 Å². The van der Waals surface area contributed by atoms with Gasteiger partial charge < -0.3 is 15.9 Å². The topological polar surface area (TPSA) is 131 Å². The number of alkyl halides is 3. The number of carbonyl (C=O) groups is 2. The van der Waals surface area contributed by atoms with Gasteiger partial charge in [0.25, 0.3) is 0 Å². The molecule has 1 aromatic rings. The van der Waals surface area contributed by atoms with Crippen LogP contribution in [0.5, 0.6) is 0 Å². The average Bonchev–Trinajstić information content (AvgIpc) is 2.69. The summed E-state index contributed by atoms with van der Waals surface area (Å²) >= 11 is 0. The molecule has 11 heteroatoms. The summed E-state index contributed by atoms with van der Waals surface area (Å²) in [5, 5.41) is 19.2. The summed E-state index contributed by atoms with van der Waals surface area (Å²) in [5.74, 6) is -3.80. The number of carboxylic acids is 2. The van der Waals surface area contributed by atoms with Crippen LogP contribution in [-0.2, 0) is 16.1 Å². The SMILES string of the molecule is N[C@@H](Cn1cncn1)C(=O)O.O=C(O)C(F)(F)F. The molecule has 0 saturated heterocycles. The highest BCUT2D eigenvalue weighted by molar-refractivity contribution is 5.73. The zero-order valence-electron chi connectivity index (χ0n) is 8.70. The second-order valence-corrected chi connectivity index (χ2v) is 2.87. The number of rotatable bonds is 3. The molecule has 0 aliphatic heterocycles. The predicted molar refractivity (Wildman–Crippen MR) is 49.3 cm³/mol. The quantitative estimate of drug-likeness (QED) is 0.663. The van der Waals surface area contributed by atoms with Crippen molar-refractivity contribution in [2.24, 2.45) is 5.73 Å². The second kappa shape index (κ2) is 6.54. The van der Waals surface area contributed by atoms with Crippen LogP contribution < -0.4 is 5.73 Å². The van der Waals surface area contributed by atoms with Crippen LogP contribution in [0.4, 0.5) is 13.2 Å². The molecule has 0 radical (unpaired) electrons. The minimum absolute atomic E-state index is 0.148. The van der Waals surface area contributed by atoms with E-state index in [1.54, 1.807) is 0 Å². The van der Waals surface area contributed by atoms with Gasteiger partial charge >= 0.3 is 18.1 Å². The van der Waals surface area contributed by atoms with E-state index in [-0.39, 0.29) is 6.54 Å². The number of hydrogen-bond acceptors (Lipinski definition) is 5. The number of hydrogen-bond donors (Lipinski definition) is 3. The normalized spacial score (nSPS) is 12.2. The van der Waals surface area contributed by atoms with Gasteiger partial charge in [-0.3, -0.25) is 9.48 Å². The van der Waals surface area contributed by atoms with Crippen molar-refractivity contribution in [1.29, 1.82) is 0 Å². The Kier molecular flexibility index (Phi) is 5.75. The Balaban J connectivity index is 0.000000360. The molecule has 0 spiro atoms. The molecule has 1 heterocycles. The Hall–Kier alpha value is -2.17. The molecule has 102 valence electrons. The van der Waals surface area contributed by atoms with Gasteiger partial charge in [0.15, 0.2) is 0 Å². The van der Waals surface area contributed by atoms with Gasteiger partial charge in [-0.1, -0.05) is 0 Å². The number of halogens is 3. The summed E-state index contributed by atoms with van der Waals surface area (Å²) in [6.07, 6.45) is -2.34. The number of nitrogens with two attached hydrogens (primary N) is 1. The van der Waals surface area contributed by atoms with Crippen LogP contribution in [0.1, 0.15) is 0 Å². The second-order valence-electron chi connectivity index (χ2n) is 2.87. The van der Waals surface area contributed by atoms with Crippen LogP contribution in [0, 0.1) is 0 Å². The van der Waals surface area contributed by atoms with Crippen LogP contribution in [0.3, 0.4) is 0 Å². The number of nitrogens with zero attached hydrogens (tertiary/aromatic N) is 3. The van der Waals surface area contributed by atoms with Crippen LogP contribution in [0.15, 0.2) is 12.7 Å². The molecule has 8 nitrogen and oxygen atoms in total. The summed E-state index contributed by atoms with van der Waals surface area (Å²) in [6.45, 7) is 0.148. The molecular weight excluding hydrogens is 261 g/mol. The first-order valence-corrected chi connectivity index (χ1v) is 4.25. The molecule has 0 fully saturated rings. The monoisotopic (exact) mass is 270 g/mol. The van der Waals surface area contributed by atoms with Crippen molar-refractivity contribution in [3.8, 4) is 0 Å². The predicted octanol–water partition coefficient (Wildman–Crippen LogP) is -0.677. The Labute approximate surface area is 97.8 Å². The molecule has 0 aliphatic carbocycles. The van der Waals surface area contributed by atoms with Crippen LogP contribution >= 0.6 is 0 Å². The maximum atomic E-state index is 10.6. The van der Waals surface area contributed by atoms with Crippen molar-refractivity contribution in [2.45, 2.75) is 18.8 Å². The van der Waals surface area contributed by atoms with Crippen molar-refractivity contribution < 1.29 is 33.0 Å². The lowest BCUT2D eigenvalue weighted by Gasteiger charge is -2.04. The molecule has 0 aromatic carbocycles. The van der Waals surface area contributed by atoms with Gasteiger partial charge in [0, 0.05) is 0 Å². The first-order valence-electron chi connectivity index (χ1n) is 4.25. The van der Waals surface area contributed by atoms with E-state index >= 15 is 0 Å². The molecule has 0 unspecified atom stereocenters. The van der Waals surface area contributed by atoms with Crippen molar-refractivity contribution in [2.75, 3.05) is 0 Å². The molecule has 18 heavy (non-hydrogen) atoms. The fourth-order valence-corrected chi connectivity index (χ4v) is 0.607. The van der Waals surface area contributed by atoms with E-state index in [4.69, 9.17) is 20.7 Å². The summed E-state index contributed by atoms with van der Waals surface area (Å²) in [5.41, 5.74) is 5.22. The number of aromatic nitrogens is 3. The Morgan fingerprint density at radius 3 is 2.17 bits per heavy atom. The summed E-state index contributed by atoms with van der Waals surface area (Å²) in [7, 11) is 0. The number of aliphatic carboxylic acids is 2. The molecule has 1 atom stereocenters. The third kappa shape index (κ3) is 6.42. The molecular formula is C7H9F3N4O4. The lowest BCUT2D eigenvalue weighted by Crippen LogP contribution is -2.34. The van der Waals surface area contributed by atoms with Crippen LogP contribution in [0.2, 0.25) is 0 Å². The van der Waals surface area contributed by atoms with Gasteiger partial charge in [0.1, 0.15) is 18.7 Å². The molecule has 0 aliphatic rings. The van der Waals surface area contributed by atoms with Gasteiger partial charge in [-0.25, -0.2) is 9.78 Å². The minimum atomic E-state index is -5.08. The third-order valence-electron chi connectivity index (χ3n) is 1.41. The van der Waals surface area contributed by atoms with Crippen molar-refractivity contribution in [3.63, 3.8) is 0 Å². The van der Waals surface area contributed by atoms with E-state index in [0.29, 0.717) is 0 Å². The van der Waals surface area contributed by atoms with E-state index in [9.17, 15) is 18.0 Å². The Morgan fingerprint density at radius 1 is 1.39 bits per heavy atom. The molecule has 0 amide bonds. The fraction of sp³-hybridized carbons (Fsp3) is 0.429. The highest BCUT2D eigenvalue weighted by Crippen LogP contribution is 2.13. The van der Waals surface area contributed by atoms with Crippen LogP contribution in [0.25, 0.3) is 0 Å². The van der Waals surface area contributed by atoms with E-state index < -0.39 is 24.2 Å². The average molecular weight is 270 g/mol. The maximum absolute atomic E-state index is 10.6. The van der Waals surface area contributed by atoms with Crippen molar-refractivity contribution in [1.82, 2.24) is 14.8 Å². The molecule has 4 N–H and O–H groups in total. The van der Waals surface area contributed by atoms with E-state index in [1.165, 1.54) is 17.3 Å². The highest BCUT2D eigenvalue weighted by atomic mass is 19.4. The largest absolute Gasteiger partial charge is 0.490 e. The maximum Gasteiger partial charge on any atom is 0.490 e. The lowest BCUT2D eigenvalue weighted by molar-refractivity contribution is -0.192. The van der Waals surface area contributed by atoms with E-state index in [1.807, 2.05) is 0 Å². The Morgan fingerprint density at radius 2 is 1.89 bits per heavy atom. The lowest BCUT2D eigenvalue weighted by atomic mass is 10.3. The zero-order chi connectivity index (χ0) is 14.3. The smallest absolute Gasteiger partial charge is 0.480 e. The van der Waals surface area contributed by atoms with Crippen molar-refractivity contribution in [3.05, 3.63) is 12.7 Å². The molecule has 1 aromatic heterocycles. The van der Waals surface area contributed by atoms with Gasteiger partial charge in [-0.05, 0) is 0 Å². The zero-order valence-corrected chi connectivity index (χ0v) is 8.70. The van der Waals surface area contributed by atoms with Crippen LogP contribution in [-0.4, -0.2) is 49.1 Å². The molecule has 0 saturated carbocycles. The van der Waals surface area contributed by atoms with E-state index in [2.05, 4.69) is 10.1 Å². The third-order valence-corrected chi connectivity index (χ3v) is 1.41. The summed E-state index contributed by atoms with van der Waals surface area (Å²) < 4.78 is 33.1. The standard InChI is InChI=1S/C5H8N4O2.C2HF3O2/c6-4(5(10)11)1-9-3-7-2-8-9;3-2(4,5)1(6)7/h2-4H,1,6H2,(H,10,11);(H,6,7)/t4-;/m0./s1. The van der Waals surface area contributed by atoms with Gasteiger partial charge in [0.2, 0.25) is 0 Å². The van der Waals surface area contributed by atoms with E-state index in [0.717, 1.165) is 0 Å². The van der Waals surface area contributed by atoms with Crippen molar-refractivity contribution >= 4 is 11.9 Å². The van der Waals surface area contributed by atoms with Gasteiger partial charge in [0.05, 0.1) is 6.54 Å². The molecule has 1 rings (SSSR count).